The maximum absolute atomic E-state index is 4.68. The standard InChI is InChI=1S/C13H22N4S/c1-2-12-15-13(18-16-12)17-9-4-3-7-11(17)10-6-5-8-14-10/h10-11,14H,2-9H2,1H3. The third-order valence-electron chi connectivity index (χ3n) is 4.13. The molecule has 2 aliphatic heterocycles. The second kappa shape index (κ2) is 5.53. The van der Waals surface area contributed by atoms with Gasteiger partial charge < -0.3 is 10.2 Å². The van der Waals surface area contributed by atoms with Crippen LogP contribution in [0.3, 0.4) is 0 Å². The van der Waals surface area contributed by atoms with Crippen LogP contribution in [0, 0.1) is 0 Å². The summed E-state index contributed by atoms with van der Waals surface area (Å²) in [5.74, 6) is 0.999. The molecule has 2 aliphatic rings. The number of anilines is 1. The van der Waals surface area contributed by atoms with Gasteiger partial charge in [-0.15, -0.1) is 0 Å². The van der Waals surface area contributed by atoms with Gasteiger partial charge in [-0.25, -0.2) is 4.98 Å². The van der Waals surface area contributed by atoms with Crippen molar-refractivity contribution < 1.29 is 0 Å². The molecule has 1 aromatic heterocycles. The number of nitrogens with zero attached hydrogens (tertiary/aromatic N) is 3. The van der Waals surface area contributed by atoms with Crippen LogP contribution in [-0.4, -0.2) is 34.5 Å². The van der Waals surface area contributed by atoms with Crippen molar-refractivity contribution in [2.24, 2.45) is 0 Å². The van der Waals surface area contributed by atoms with E-state index in [1.54, 1.807) is 11.5 Å². The van der Waals surface area contributed by atoms with Gasteiger partial charge in [0.25, 0.3) is 0 Å². The quantitative estimate of drug-likeness (QED) is 0.911. The van der Waals surface area contributed by atoms with Crippen molar-refractivity contribution >= 4 is 16.7 Å². The Morgan fingerprint density at radius 3 is 3.00 bits per heavy atom. The van der Waals surface area contributed by atoms with Gasteiger partial charge >= 0.3 is 0 Å². The number of aryl methyl sites for hydroxylation is 1. The van der Waals surface area contributed by atoms with Crippen LogP contribution in [0.1, 0.15) is 44.9 Å². The molecular formula is C13H22N4S. The van der Waals surface area contributed by atoms with E-state index in [2.05, 4.69) is 26.5 Å². The molecule has 4 nitrogen and oxygen atoms in total. The summed E-state index contributed by atoms with van der Waals surface area (Å²) in [4.78, 5) is 7.20. The Balaban J connectivity index is 1.78. The summed E-state index contributed by atoms with van der Waals surface area (Å²) in [6.45, 7) is 4.46. The zero-order valence-electron chi connectivity index (χ0n) is 11.1. The largest absolute Gasteiger partial charge is 0.342 e. The van der Waals surface area contributed by atoms with E-state index >= 15 is 0 Å². The third kappa shape index (κ3) is 2.38. The fourth-order valence-electron chi connectivity index (χ4n) is 3.16. The predicted octanol–water partition coefficient (Wildman–Crippen LogP) is 2.21. The van der Waals surface area contributed by atoms with Gasteiger partial charge in [0, 0.05) is 36.6 Å². The second-order valence-corrected chi connectivity index (χ2v) is 6.04. The fourth-order valence-corrected chi connectivity index (χ4v) is 3.99. The van der Waals surface area contributed by atoms with Crippen LogP contribution in [-0.2, 0) is 6.42 Å². The van der Waals surface area contributed by atoms with Gasteiger partial charge in [-0.1, -0.05) is 6.92 Å². The summed E-state index contributed by atoms with van der Waals surface area (Å²) >= 11 is 1.58. The average molecular weight is 266 g/mol. The molecule has 0 aliphatic carbocycles. The number of piperidine rings is 1. The van der Waals surface area contributed by atoms with Crippen molar-refractivity contribution in [3.63, 3.8) is 0 Å². The fraction of sp³-hybridized carbons (Fsp3) is 0.846. The molecule has 2 unspecified atom stereocenters. The third-order valence-corrected chi connectivity index (χ3v) is 4.92. The number of hydrogen-bond acceptors (Lipinski definition) is 5. The minimum atomic E-state index is 0.638. The summed E-state index contributed by atoms with van der Waals surface area (Å²) in [5, 5.41) is 4.81. The molecule has 0 amide bonds. The molecule has 0 radical (unpaired) electrons. The normalized spacial score (nSPS) is 28.8. The van der Waals surface area contributed by atoms with Crippen LogP contribution < -0.4 is 10.2 Å². The summed E-state index contributed by atoms with van der Waals surface area (Å²) in [5.41, 5.74) is 0. The summed E-state index contributed by atoms with van der Waals surface area (Å²) in [7, 11) is 0. The van der Waals surface area contributed by atoms with Crippen LogP contribution in [0.15, 0.2) is 0 Å². The minimum Gasteiger partial charge on any atom is -0.342 e. The van der Waals surface area contributed by atoms with Gasteiger partial charge in [0.1, 0.15) is 5.82 Å². The minimum absolute atomic E-state index is 0.638. The maximum atomic E-state index is 4.68. The summed E-state index contributed by atoms with van der Waals surface area (Å²) in [6.07, 6.45) is 7.55. The second-order valence-electron chi connectivity index (χ2n) is 5.31. The molecule has 100 valence electrons. The van der Waals surface area contributed by atoms with Crippen molar-refractivity contribution in [3.8, 4) is 0 Å². The zero-order valence-corrected chi connectivity index (χ0v) is 11.9. The molecule has 0 aromatic carbocycles. The Bertz CT molecular complexity index is 386. The SMILES string of the molecule is CCc1nsc(N2CCCCC2C2CCCN2)n1. The average Bonchev–Trinajstić information content (AvgIpc) is 3.10. The van der Waals surface area contributed by atoms with Crippen LogP contribution >= 0.6 is 11.5 Å². The predicted molar refractivity (Wildman–Crippen MR) is 75.3 cm³/mol. The molecule has 0 spiro atoms. The number of nitrogens with one attached hydrogen (secondary N) is 1. The van der Waals surface area contributed by atoms with Crippen LogP contribution in [0.5, 0.6) is 0 Å². The highest BCUT2D eigenvalue weighted by Crippen LogP contribution is 2.30. The lowest BCUT2D eigenvalue weighted by Crippen LogP contribution is -2.50. The summed E-state index contributed by atoms with van der Waals surface area (Å²) in [6, 6.07) is 1.30. The van der Waals surface area contributed by atoms with Gasteiger partial charge in [-0.2, -0.15) is 4.37 Å². The van der Waals surface area contributed by atoms with Gasteiger partial charge in [-0.3, -0.25) is 0 Å². The van der Waals surface area contributed by atoms with Gasteiger partial charge in [0.05, 0.1) is 0 Å². The highest BCUT2D eigenvalue weighted by molar-refractivity contribution is 7.09. The molecular weight excluding hydrogens is 244 g/mol. The first-order valence-electron chi connectivity index (χ1n) is 7.21. The molecule has 1 aromatic rings. The number of rotatable bonds is 3. The Morgan fingerprint density at radius 2 is 2.28 bits per heavy atom. The molecule has 0 bridgehead atoms. The van der Waals surface area contributed by atoms with Crippen molar-refractivity contribution in [2.75, 3.05) is 18.0 Å². The molecule has 1 N–H and O–H groups in total. The monoisotopic (exact) mass is 266 g/mol. The van der Waals surface area contributed by atoms with Crippen LogP contribution in [0.4, 0.5) is 5.13 Å². The zero-order chi connectivity index (χ0) is 12.4. The van der Waals surface area contributed by atoms with E-state index < -0.39 is 0 Å². The highest BCUT2D eigenvalue weighted by Gasteiger charge is 2.33. The first-order valence-corrected chi connectivity index (χ1v) is 7.98. The molecule has 5 heteroatoms. The molecule has 2 fully saturated rings. The Hall–Kier alpha value is -0.680. The number of hydrogen-bond donors (Lipinski definition) is 1. The summed E-state index contributed by atoms with van der Waals surface area (Å²) < 4.78 is 4.44. The van der Waals surface area contributed by atoms with Crippen molar-refractivity contribution in [1.29, 1.82) is 0 Å². The van der Waals surface area contributed by atoms with Gasteiger partial charge in [0.15, 0.2) is 0 Å². The van der Waals surface area contributed by atoms with Crippen molar-refractivity contribution in [1.82, 2.24) is 14.7 Å². The molecule has 3 rings (SSSR count). The van der Waals surface area contributed by atoms with Gasteiger partial charge in [0.2, 0.25) is 5.13 Å². The molecule has 0 saturated carbocycles. The van der Waals surface area contributed by atoms with E-state index in [-0.39, 0.29) is 0 Å². The van der Waals surface area contributed by atoms with E-state index in [0.29, 0.717) is 12.1 Å². The molecule has 3 heterocycles. The lowest BCUT2D eigenvalue weighted by Gasteiger charge is -2.38. The number of aromatic nitrogens is 2. The van der Waals surface area contributed by atoms with Gasteiger partial charge in [-0.05, 0) is 38.6 Å². The molecule has 2 atom stereocenters. The van der Waals surface area contributed by atoms with Crippen LogP contribution in [0.25, 0.3) is 0 Å². The molecule has 2 saturated heterocycles. The van der Waals surface area contributed by atoms with E-state index in [0.717, 1.165) is 23.9 Å². The van der Waals surface area contributed by atoms with E-state index in [4.69, 9.17) is 0 Å². The first-order chi connectivity index (χ1) is 8.88. The van der Waals surface area contributed by atoms with Crippen LogP contribution in [0.2, 0.25) is 0 Å². The molecule has 18 heavy (non-hydrogen) atoms. The van der Waals surface area contributed by atoms with Crippen molar-refractivity contribution in [2.45, 2.75) is 57.5 Å². The Kier molecular flexibility index (Phi) is 3.80. The smallest absolute Gasteiger partial charge is 0.205 e. The Morgan fingerprint density at radius 1 is 1.33 bits per heavy atom. The lowest BCUT2D eigenvalue weighted by atomic mass is 9.95. The van der Waals surface area contributed by atoms with E-state index in [1.807, 2.05) is 0 Å². The first kappa shape index (κ1) is 12.4. The van der Waals surface area contributed by atoms with E-state index in [9.17, 15) is 0 Å². The Labute approximate surface area is 113 Å². The highest BCUT2D eigenvalue weighted by atomic mass is 32.1. The maximum Gasteiger partial charge on any atom is 0.205 e. The van der Waals surface area contributed by atoms with E-state index in [1.165, 1.54) is 38.6 Å². The lowest BCUT2D eigenvalue weighted by molar-refractivity contribution is 0.378. The topological polar surface area (TPSA) is 41.1 Å². The van der Waals surface area contributed by atoms with Crippen molar-refractivity contribution in [3.05, 3.63) is 5.82 Å².